The van der Waals surface area contributed by atoms with Crippen molar-refractivity contribution < 1.29 is 4.79 Å². The summed E-state index contributed by atoms with van der Waals surface area (Å²) >= 11 is 1.65. The van der Waals surface area contributed by atoms with Crippen LogP contribution in [0.1, 0.15) is 81.0 Å². The Morgan fingerprint density at radius 2 is 2.03 bits per heavy atom. The first kappa shape index (κ1) is 21.8. The average molecular weight is 437 g/mol. The molecule has 0 radical (unpaired) electrons. The Bertz CT molecular complexity index is 1090. The zero-order valence-corrected chi connectivity index (χ0v) is 19.6. The summed E-state index contributed by atoms with van der Waals surface area (Å²) in [5, 5.41) is 5.60. The maximum absolute atomic E-state index is 13.4. The average Bonchev–Trinajstić information content (AvgIpc) is 3.44. The van der Waals surface area contributed by atoms with Gasteiger partial charge in [-0.05, 0) is 31.7 Å². The molecule has 0 aromatic carbocycles. The molecule has 1 saturated carbocycles. The lowest BCUT2D eigenvalue weighted by molar-refractivity contribution is 0.0751. The Labute approximate surface area is 188 Å². The number of carbonyl (C=O) groups is 1. The summed E-state index contributed by atoms with van der Waals surface area (Å²) in [6.45, 7) is 10.7. The van der Waals surface area contributed by atoms with Crippen molar-refractivity contribution in [2.24, 2.45) is 5.41 Å². The molecule has 5 nitrogen and oxygen atoms in total. The van der Waals surface area contributed by atoms with Crippen LogP contribution in [0.3, 0.4) is 0 Å². The van der Waals surface area contributed by atoms with E-state index < -0.39 is 0 Å². The Morgan fingerprint density at radius 3 is 2.74 bits per heavy atom. The van der Waals surface area contributed by atoms with Crippen LogP contribution in [0.5, 0.6) is 0 Å². The van der Waals surface area contributed by atoms with E-state index in [0.29, 0.717) is 22.8 Å². The smallest absolute Gasteiger partial charge is 0.172 e. The SMILES string of the molecule is C=C(NC(CC)CC)c1cc(-c2cnc3[nH]cc(C(=O)C4(C)CCCCC4)c3n2)cs1. The maximum Gasteiger partial charge on any atom is 0.172 e. The molecule has 3 heterocycles. The number of nitrogens with zero attached hydrogens (tertiary/aromatic N) is 2. The fraction of sp³-hybridized carbons (Fsp3) is 0.480. The van der Waals surface area contributed by atoms with Crippen LogP contribution >= 0.6 is 11.3 Å². The summed E-state index contributed by atoms with van der Waals surface area (Å²) in [5.41, 5.74) is 4.46. The molecule has 2 N–H and O–H groups in total. The van der Waals surface area contributed by atoms with Crippen molar-refractivity contribution in [2.75, 3.05) is 0 Å². The van der Waals surface area contributed by atoms with E-state index in [2.05, 4.69) is 54.1 Å². The minimum absolute atomic E-state index is 0.193. The lowest BCUT2D eigenvalue weighted by atomic mass is 9.71. The summed E-state index contributed by atoms with van der Waals surface area (Å²) in [6.07, 6.45) is 11.1. The van der Waals surface area contributed by atoms with Gasteiger partial charge in [-0.15, -0.1) is 11.3 Å². The quantitative estimate of drug-likeness (QED) is 0.391. The number of H-pyrrole nitrogens is 1. The second-order valence-electron chi connectivity index (χ2n) is 8.94. The molecule has 3 aromatic rings. The van der Waals surface area contributed by atoms with Gasteiger partial charge >= 0.3 is 0 Å². The van der Waals surface area contributed by atoms with E-state index in [4.69, 9.17) is 4.98 Å². The number of hydrogen-bond donors (Lipinski definition) is 2. The zero-order valence-electron chi connectivity index (χ0n) is 18.8. The summed E-state index contributed by atoms with van der Waals surface area (Å²) in [5.74, 6) is 0.193. The molecule has 0 amide bonds. The monoisotopic (exact) mass is 436 g/mol. The number of aromatic nitrogens is 3. The highest BCUT2D eigenvalue weighted by atomic mass is 32.1. The minimum atomic E-state index is -0.293. The van der Waals surface area contributed by atoms with E-state index in [1.54, 1.807) is 23.7 Å². The van der Waals surface area contributed by atoms with Crippen LogP contribution in [0.15, 0.2) is 30.4 Å². The Morgan fingerprint density at radius 1 is 1.29 bits per heavy atom. The van der Waals surface area contributed by atoms with Gasteiger partial charge in [0.25, 0.3) is 0 Å². The fourth-order valence-corrected chi connectivity index (χ4v) is 5.37. The van der Waals surface area contributed by atoms with Crippen molar-refractivity contribution in [3.63, 3.8) is 0 Å². The molecule has 0 atom stereocenters. The van der Waals surface area contributed by atoms with E-state index in [1.165, 1.54) is 6.42 Å². The van der Waals surface area contributed by atoms with Crippen molar-refractivity contribution in [3.05, 3.63) is 40.9 Å². The summed E-state index contributed by atoms with van der Waals surface area (Å²) < 4.78 is 0. The minimum Gasteiger partial charge on any atom is -0.382 e. The third-order valence-electron chi connectivity index (χ3n) is 6.69. The number of aromatic amines is 1. The first-order valence-corrected chi connectivity index (χ1v) is 12.3. The number of fused-ring (bicyclic) bond motifs is 1. The third kappa shape index (κ3) is 4.31. The van der Waals surface area contributed by atoms with E-state index in [-0.39, 0.29) is 11.2 Å². The first-order chi connectivity index (χ1) is 14.9. The predicted molar refractivity (Wildman–Crippen MR) is 129 cm³/mol. The Balaban J connectivity index is 1.61. The predicted octanol–water partition coefficient (Wildman–Crippen LogP) is 6.59. The molecule has 1 aliphatic rings. The third-order valence-corrected chi connectivity index (χ3v) is 7.68. The van der Waals surface area contributed by atoms with Gasteiger partial charge in [0.1, 0.15) is 5.52 Å². The van der Waals surface area contributed by atoms with E-state index >= 15 is 0 Å². The van der Waals surface area contributed by atoms with Gasteiger partial charge in [0, 0.05) is 34.3 Å². The molecular weight excluding hydrogens is 404 g/mol. The number of ketones is 1. The molecule has 164 valence electrons. The largest absolute Gasteiger partial charge is 0.382 e. The topological polar surface area (TPSA) is 70.7 Å². The molecule has 0 bridgehead atoms. The number of rotatable bonds is 8. The fourth-order valence-electron chi connectivity index (χ4n) is 4.53. The highest BCUT2D eigenvalue weighted by molar-refractivity contribution is 7.11. The van der Waals surface area contributed by atoms with Gasteiger partial charge in [-0.2, -0.15) is 0 Å². The highest BCUT2D eigenvalue weighted by Gasteiger charge is 2.36. The van der Waals surface area contributed by atoms with Crippen LogP contribution in [0, 0.1) is 5.41 Å². The molecule has 31 heavy (non-hydrogen) atoms. The standard InChI is InChI=1S/C25H32N4OS/c1-5-18(6-2)28-16(3)21-12-17(15-31-21)20-14-27-24-22(29-20)19(13-26-24)23(30)25(4)10-8-7-9-11-25/h12-15,18,28H,3,5-11H2,1-2,4H3,(H,26,27). The number of Topliss-reactive ketones (excluding diaryl/α,β-unsaturated/α-hetero) is 1. The van der Waals surface area contributed by atoms with Crippen molar-refractivity contribution in [1.82, 2.24) is 20.3 Å². The molecule has 4 rings (SSSR count). The van der Waals surface area contributed by atoms with Gasteiger partial charge in [-0.1, -0.05) is 46.6 Å². The maximum atomic E-state index is 13.4. The first-order valence-electron chi connectivity index (χ1n) is 11.4. The normalized spacial score (nSPS) is 16.0. The second-order valence-corrected chi connectivity index (χ2v) is 9.85. The summed E-state index contributed by atoms with van der Waals surface area (Å²) in [6, 6.07) is 2.54. The lowest BCUT2D eigenvalue weighted by Gasteiger charge is -2.31. The van der Waals surface area contributed by atoms with Gasteiger partial charge in [0.2, 0.25) is 0 Å². The van der Waals surface area contributed by atoms with Gasteiger partial charge in [0.15, 0.2) is 11.4 Å². The number of nitrogens with one attached hydrogen (secondary N) is 2. The van der Waals surface area contributed by atoms with Crippen molar-refractivity contribution in [2.45, 2.75) is 71.8 Å². The molecule has 0 aliphatic heterocycles. The van der Waals surface area contributed by atoms with Gasteiger partial charge in [0.05, 0.1) is 22.3 Å². The van der Waals surface area contributed by atoms with Crippen molar-refractivity contribution in [3.8, 4) is 11.3 Å². The van der Waals surface area contributed by atoms with Crippen LogP contribution in [0.2, 0.25) is 0 Å². The zero-order chi connectivity index (χ0) is 22.0. The highest BCUT2D eigenvalue weighted by Crippen LogP contribution is 2.39. The van der Waals surface area contributed by atoms with Crippen LogP contribution in [0.25, 0.3) is 28.1 Å². The lowest BCUT2D eigenvalue weighted by Crippen LogP contribution is -2.30. The summed E-state index contributed by atoms with van der Waals surface area (Å²) in [7, 11) is 0. The van der Waals surface area contributed by atoms with E-state index in [9.17, 15) is 4.79 Å². The Hall–Kier alpha value is -2.47. The molecule has 1 fully saturated rings. The van der Waals surface area contributed by atoms with Gasteiger partial charge in [-0.25, -0.2) is 9.97 Å². The molecule has 0 saturated heterocycles. The summed E-state index contributed by atoms with van der Waals surface area (Å²) in [4.78, 5) is 27.1. The van der Waals surface area contributed by atoms with Crippen LogP contribution in [-0.4, -0.2) is 26.8 Å². The van der Waals surface area contributed by atoms with Crippen LogP contribution in [0.4, 0.5) is 0 Å². The van der Waals surface area contributed by atoms with Crippen molar-refractivity contribution >= 4 is 34.0 Å². The molecular formula is C25H32N4OS. The second kappa shape index (κ2) is 8.95. The van der Waals surface area contributed by atoms with Crippen LogP contribution in [-0.2, 0) is 0 Å². The van der Waals surface area contributed by atoms with E-state index in [1.807, 2.05) is 0 Å². The molecule has 0 spiro atoms. The number of thiophene rings is 1. The van der Waals surface area contributed by atoms with E-state index in [0.717, 1.165) is 60.4 Å². The van der Waals surface area contributed by atoms with Gasteiger partial charge < -0.3 is 10.3 Å². The van der Waals surface area contributed by atoms with Crippen molar-refractivity contribution in [1.29, 1.82) is 0 Å². The molecule has 6 heteroatoms. The number of carbonyl (C=O) groups excluding carboxylic acids is 1. The molecule has 0 unspecified atom stereocenters. The Kier molecular flexibility index (Phi) is 6.28. The van der Waals surface area contributed by atoms with Crippen LogP contribution < -0.4 is 5.32 Å². The molecule has 1 aliphatic carbocycles. The molecule has 3 aromatic heterocycles. The number of hydrogen-bond acceptors (Lipinski definition) is 5. The van der Waals surface area contributed by atoms with Gasteiger partial charge in [-0.3, -0.25) is 4.79 Å².